The molecule has 0 aliphatic carbocycles. The molecule has 0 fully saturated rings. The van der Waals surface area contributed by atoms with E-state index in [1.807, 2.05) is 13.8 Å². The number of benzene rings is 2. The van der Waals surface area contributed by atoms with E-state index < -0.39 is 0 Å². The number of unbranched alkanes of at least 4 members (excludes halogenated alkanes) is 1. The van der Waals surface area contributed by atoms with Gasteiger partial charge in [0, 0.05) is 11.6 Å². The maximum Gasteiger partial charge on any atom is 0.257 e. The Bertz CT molecular complexity index is 851. The number of thiocarbonyl (C=S) groups is 1. The number of anilines is 1. The first-order valence-corrected chi connectivity index (χ1v) is 10.1. The van der Waals surface area contributed by atoms with Crippen molar-refractivity contribution in [1.82, 2.24) is 10.6 Å². The highest BCUT2D eigenvalue weighted by Crippen LogP contribution is 2.16. The van der Waals surface area contributed by atoms with Crippen LogP contribution in [0.15, 0.2) is 48.5 Å². The molecule has 0 aromatic heterocycles. The molecule has 0 saturated carbocycles. The zero-order chi connectivity index (χ0) is 21.2. The van der Waals surface area contributed by atoms with Crippen LogP contribution in [0.1, 0.15) is 54.3 Å². The summed E-state index contributed by atoms with van der Waals surface area (Å²) in [7, 11) is 0. The van der Waals surface area contributed by atoms with Crippen LogP contribution in [0, 0.1) is 0 Å². The van der Waals surface area contributed by atoms with E-state index in [1.54, 1.807) is 48.5 Å². The minimum Gasteiger partial charge on any atom is -0.494 e. The van der Waals surface area contributed by atoms with Crippen LogP contribution in [-0.4, -0.2) is 29.6 Å². The Kier molecular flexibility index (Phi) is 8.61. The largest absolute Gasteiger partial charge is 0.494 e. The van der Waals surface area contributed by atoms with E-state index in [0.717, 1.165) is 18.6 Å². The van der Waals surface area contributed by atoms with Crippen LogP contribution in [0.2, 0.25) is 0 Å². The van der Waals surface area contributed by atoms with Crippen molar-refractivity contribution in [3.8, 4) is 5.75 Å². The second-order valence-electron chi connectivity index (χ2n) is 6.81. The van der Waals surface area contributed by atoms with Crippen LogP contribution >= 0.6 is 12.2 Å². The standard InChI is InChI=1S/C22H27N3O3S/c1-4-5-14-28-17-12-10-16(11-13-17)20(26)25-22(29)24-19-9-7-6-8-18(19)21(27)23-15(2)3/h6-13,15H,4-5,14H2,1-3H3,(H,23,27)(H2,24,25,26,29). The van der Waals surface area contributed by atoms with E-state index in [9.17, 15) is 9.59 Å². The molecule has 2 amide bonds. The first kappa shape index (κ1) is 22.4. The Morgan fingerprint density at radius 2 is 1.72 bits per heavy atom. The van der Waals surface area contributed by atoms with Gasteiger partial charge in [-0.1, -0.05) is 25.5 Å². The fraction of sp³-hybridized carbons (Fsp3) is 0.318. The second kappa shape index (κ2) is 11.2. The van der Waals surface area contributed by atoms with Crippen molar-refractivity contribution in [3.63, 3.8) is 0 Å². The maximum atomic E-state index is 12.4. The van der Waals surface area contributed by atoms with E-state index in [2.05, 4.69) is 22.9 Å². The summed E-state index contributed by atoms with van der Waals surface area (Å²) in [4.78, 5) is 24.8. The minimum atomic E-state index is -0.341. The quantitative estimate of drug-likeness (QED) is 0.448. The molecule has 0 spiro atoms. The Hall–Kier alpha value is -2.93. The van der Waals surface area contributed by atoms with Crippen molar-refractivity contribution < 1.29 is 14.3 Å². The summed E-state index contributed by atoms with van der Waals surface area (Å²) in [6.45, 7) is 6.53. The number of nitrogens with one attached hydrogen (secondary N) is 3. The summed E-state index contributed by atoms with van der Waals surface area (Å²) >= 11 is 5.24. The Labute approximate surface area is 177 Å². The monoisotopic (exact) mass is 413 g/mol. The summed E-state index contributed by atoms with van der Waals surface area (Å²) in [5.41, 5.74) is 1.44. The normalized spacial score (nSPS) is 10.3. The van der Waals surface area contributed by atoms with Crippen LogP contribution in [0.25, 0.3) is 0 Å². The molecule has 154 valence electrons. The lowest BCUT2D eigenvalue weighted by Crippen LogP contribution is -2.35. The molecule has 7 heteroatoms. The minimum absolute atomic E-state index is 0.0103. The molecule has 0 atom stereocenters. The Morgan fingerprint density at radius 3 is 2.38 bits per heavy atom. The molecule has 2 rings (SSSR count). The van der Waals surface area contributed by atoms with Gasteiger partial charge in [-0.15, -0.1) is 0 Å². The molecule has 6 nitrogen and oxygen atoms in total. The van der Waals surface area contributed by atoms with Gasteiger partial charge in [0.15, 0.2) is 5.11 Å². The van der Waals surface area contributed by atoms with Crippen LogP contribution in [0.3, 0.4) is 0 Å². The molecule has 0 heterocycles. The third-order valence-corrected chi connectivity index (χ3v) is 4.15. The van der Waals surface area contributed by atoms with E-state index in [0.29, 0.717) is 23.4 Å². The van der Waals surface area contributed by atoms with Gasteiger partial charge in [0.2, 0.25) is 0 Å². The van der Waals surface area contributed by atoms with Gasteiger partial charge in [0.1, 0.15) is 5.75 Å². The number of amides is 2. The number of hydrogen-bond donors (Lipinski definition) is 3. The number of carbonyl (C=O) groups is 2. The fourth-order valence-corrected chi connectivity index (χ4v) is 2.70. The fourth-order valence-electron chi connectivity index (χ4n) is 2.50. The molecule has 3 N–H and O–H groups in total. The second-order valence-corrected chi connectivity index (χ2v) is 7.22. The summed E-state index contributed by atoms with van der Waals surface area (Å²) in [5, 5.41) is 8.51. The van der Waals surface area contributed by atoms with Crippen molar-refractivity contribution in [3.05, 3.63) is 59.7 Å². The molecule has 0 unspecified atom stereocenters. The highest BCUT2D eigenvalue weighted by Gasteiger charge is 2.14. The number of para-hydroxylation sites is 1. The van der Waals surface area contributed by atoms with Crippen LogP contribution in [0.4, 0.5) is 5.69 Å². The van der Waals surface area contributed by atoms with Gasteiger partial charge in [-0.05, 0) is 68.9 Å². The van der Waals surface area contributed by atoms with Crippen LogP contribution < -0.4 is 20.7 Å². The smallest absolute Gasteiger partial charge is 0.257 e. The molecule has 0 saturated heterocycles. The van der Waals surface area contributed by atoms with Crippen LogP contribution in [-0.2, 0) is 0 Å². The summed E-state index contributed by atoms with van der Waals surface area (Å²) in [6, 6.07) is 13.9. The number of ether oxygens (including phenoxy) is 1. The highest BCUT2D eigenvalue weighted by molar-refractivity contribution is 7.80. The molecule has 0 bridgehead atoms. The van der Waals surface area contributed by atoms with E-state index in [4.69, 9.17) is 17.0 Å². The molecule has 0 aliphatic heterocycles. The number of rotatable bonds is 8. The predicted molar refractivity (Wildman–Crippen MR) is 120 cm³/mol. The van der Waals surface area contributed by atoms with E-state index in [1.165, 1.54) is 0 Å². The summed E-state index contributed by atoms with van der Waals surface area (Å²) in [5.74, 6) is 0.170. The average Bonchev–Trinajstić information content (AvgIpc) is 2.68. The van der Waals surface area contributed by atoms with E-state index in [-0.39, 0.29) is 23.0 Å². The third-order valence-electron chi connectivity index (χ3n) is 3.95. The van der Waals surface area contributed by atoms with Gasteiger partial charge in [0.05, 0.1) is 17.9 Å². The topological polar surface area (TPSA) is 79.5 Å². The lowest BCUT2D eigenvalue weighted by molar-refractivity contribution is 0.0942. The molecule has 2 aromatic rings. The van der Waals surface area contributed by atoms with Gasteiger partial charge in [-0.3, -0.25) is 14.9 Å². The van der Waals surface area contributed by atoms with Gasteiger partial charge < -0.3 is 15.4 Å². The van der Waals surface area contributed by atoms with Crippen LogP contribution in [0.5, 0.6) is 5.75 Å². The lowest BCUT2D eigenvalue weighted by Gasteiger charge is -2.15. The Morgan fingerprint density at radius 1 is 1.03 bits per heavy atom. The third kappa shape index (κ3) is 7.19. The maximum absolute atomic E-state index is 12.4. The summed E-state index contributed by atoms with van der Waals surface area (Å²) in [6.07, 6.45) is 2.05. The first-order valence-electron chi connectivity index (χ1n) is 9.65. The van der Waals surface area contributed by atoms with Crippen molar-refractivity contribution in [1.29, 1.82) is 0 Å². The van der Waals surface area contributed by atoms with Crippen molar-refractivity contribution in [2.45, 2.75) is 39.7 Å². The SMILES string of the molecule is CCCCOc1ccc(C(=O)NC(=S)Nc2ccccc2C(=O)NC(C)C)cc1. The number of hydrogen-bond acceptors (Lipinski definition) is 4. The molecule has 2 aromatic carbocycles. The van der Waals surface area contributed by atoms with Gasteiger partial charge >= 0.3 is 0 Å². The van der Waals surface area contributed by atoms with Crippen molar-refractivity contribution >= 4 is 34.8 Å². The number of carbonyl (C=O) groups excluding carboxylic acids is 2. The van der Waals surface area contributed by atoms with Gasteiger partial charge in [-0.2, -0.15) is 0 Å². The van der Waals surface area contributed by atoms with Crippen molar-refractivity contribution in [2.24, 2.45) is 0 Å². The Balaban J connectivity index is 1.97. The lowest BCUT2D eigenvalue weighted by atomic mass is 10.1. The van der Waals surface area contributed by atoms with Gasteiger partial charge in [-0.25, -0.2) is 0 Å². The van der Waals surface area contributed by atoms with E-state index >= 15 is 0 Å². The zero-order valence-electron chi connectivity index (χ0n) is 17.0. The highest BCUT2D eigenvalue weighted by atomic mass is 32.1. The molecule has 0 radical (unpaired) electrons. The average molecular weight is 414 g/mol. The molecular weight excluding hydrogens is 386 g/mol. The predicted octanol–water partition coefficient (Wildman–Crippen LogP) is 4.13. The first-order chi connectivity index (χ1) is 13.9. The molecule has 0 aliphatic rings. The summed E-state index contributed by atoms with van der Waals surface area (Å²) < 4.78 is 5.60. The molecule has 29 heavy (non-hydrogen) atoms. The molecular formula is C22H27N3O3S. The van der Waals surface area contributed by atoms with Gasteiger partial charge in [0.25, 0.3) is 11.8 Å². The van der Waals surface area contributed by atoms with Crippen molar-refractivity contribution in [2.75, 3.05) is 11.9 Å². The zero-order valence-corrected chi connectivity index (χ0v) is 17.8.